The van der Waals surface area contributed by atoms with E-state index < -0.39 is 5.91 Å². The van der Waals surface area contributed by atoms with Crippen molar-refractivity contribution in [2.24, 2.45) is 12.8 Å². The first-order chi connectivity index (χ1) is 10.5. The second-order valence-electron chi connectivity index (χ2n) is 5.04. The zero-order valence-electron chi connectivity index (χ0n) is 12.1. The molecule has 0 atom stereocenters. The average molecular weight is 316 g/mol. The summed E-state index contributed by atoms with van der Waals surface area (Å²) >= 11 is 5.99. The topological polar surface area (TPSA) is 85.8 Å². The number of hydrogen-bond acceptors (Lipinski definition) is 4. The van der Waals surface area contributed by atoms with Crippen LogP contribution in [0.25, 0.3) is 11.0 Å². The quantitative estimate of drug-likeness (QED) is 0.728. The van der Waals surface area contributed by atoms with Crippen LogP contribution >= 0.6 is 11.6 Å². The zero-order chi connectivity index (χ0) is 15.9. The summed E-state index contributed by atoms with van der Waals surface area (Å²) in [4.78, 5) is 20.0. The summed E-state index contributed by atoms with van der Waals surface area (Å²) in [5.41, 5.74) is 8.11. The number of fused-ring (bicyclic) bond motifs is 1. The molecular weight excluding hydrogens is 302 g/mol. The third kappa shape index (κ3) is 2.48. The minimum Gasteiger partial charge on any atom is -0.366 e. The number of aromatic nitrogens is 3. The van der Waals surface area contributed by atoms with Crippen LogP contribution in [-0.2, 0) is 7.05 Å². The molecule has 112 valence electrons. The number of primary amides is 1. The number of aryl methyl sites for hydroxylation is 2. The number of carbonyl (C=O) groups is 1. The molecule has 0 aliphatic rings. The Morgan fingerprint density at radius 3 is 2.82 bits per heavy atom. The predicted octanol–water partition coefficient (Wildman–Crippen LogP) is 2.77. The van der Waals surface area contributed by atoms with Crippen LogP contribution in [0.5, 0.6) is 0 Å². The molecule has 1 amide bonds. The molecule has 0 fully saturated rings. The number of rotatable bonds is 3. The van der Waals surface area contributed by atoms with Crippen LogP contribution in [0.4, 0.5) is 11.5 Å². The van der Waals surface area contributed by atoms with Crippen molar-refractivity contribution in [3.8, 4) is 0 Å². The molecule has 3 aromatic rings. The molecule has 1 aromatic carbocycles. The van der Waals surface area contributed by atoms with E-state index in [2.05, 4.69) is 15.3 Å². The fourth-order valence-corrected chi connectivity index (χ4v) is 2.47. The first-order valence-electron chi connectivity index (χ1n) is 6.62. The molecule has 7 heteroatoms. The number of benzene rings is 1. The van der Waals surface area contributed by atoms with E-state index in [0.717, 1.165) is 10.9 Å². The Hall–Kier alpha value is -2.60. The van der Waals surface area contributed by atoms with Gasteiger partial charge in [-0.15, -0.1) is 0 Å². The summed E-state index contributed by atoms with van der Waals surface area (Å²) in [6, 6.07) is 7.24. The van der Waals surface area contributed by atoms with Crippen molar-refractivity contribution in [1.29, 1.82) is 0 Å². The summed E-state index contributed by atoms with van der Waals surface area (Å²) < 4.78 is 1.85. The van der Waals surface area contributed by atoms with Crippen LogP contribution in [0.1, 0.15) is 15.9 Å². The maximum absolute atomic E-state index is 11.6. The summed E-state index contributed by atoms with van der Waals surface area (Å²) in [6.07, 6.45) is 1.87. The van der Waals surface area contributed by atoms with Crippen LogP contribution < -0.4 is 11.1 Å². The number of nitrogens with zero attached hydrogens (tertiary/aromatic N) is 3. The third-order valence-corrected chi connectivity index (χ3v) is 3.56. The number of nitrogens with two attached hydrogens (primary N) is 1. The Morgan fingerprint density at radius 1 is 1.32 bits per heavy atom. The molecule has 22 heavy (non-hydrogen) atoms. The number of halogens is 1. The van der Waals surface area contributed by atoms with Gasteiger partial charge in [0.2, 0.25) is 5.28 Å². The SMILES string of the molecule is Cc1ccc(C(N)=O)c(Nc2nc(Cl)nc3c2ccn3C)c1. The highest BCUT2D eigenvalue weighted by molar-refractivity contribution is 6.28. The Labute approximate surface area is 131 Å². The molecule has 3 N–H and O–H groups in total. The maximum Gasteiger partial charge on any atom is 0.250 e. The lowest BCUT2D eigenvalue weighted by molar-refractivity contribution is 0.100. The van der Waals surface area contributed by atoms with Crippen molar-refractivity contribution >= 4 is 40.0 Å². The molecule has 3 rings (SSSR count). The highest BCUT2D eigenvalue weighted by atomic mass is 35.5. The zero-order valence-corrected chi connectivity index (χ0v) is 12.8. The molecule has 2 heterocycles. The fraction of sp³-hybridized carbons (Fsp3) is 0.133. The summed E-state index contributed by atoms with van der Waals surface area (Å²) in [7, 11) is 1.87. The highest BCUT2D eigenvalue weighted by Gasteiger charge is 2.13. The Bertz CT molecular complexity index is 887. The van der Waals surface area contributed by atoms with Gasteiger partial charge < -0.3 is 15.6 Å². The van der Waals surface area contributed by atoms with Crippen LogP contribution in [0, 0.1) is 6.92 Å². The molecule has 0 aliphatic heterocycles. The largest absolute Gasteiger partial charge is 0.366 e. The third-order valence-electron chi connectivity index (χ3n) is 3.39. The van der Waals surface area contributed by atoms with Crippen molar-refractivity contribution in [2.45, 2.75) is 6.92 Å². The van der Waals surface area contributed by atoms with E-state index in [1.165, 1.54) is 0 Å². The standard InChI is InChI=1S/C15H14ClN5O/c1-8-3-4-9(12(17)22)11(7-8)18-13-10-5-6-21(2)14(10)20-15(16)19-13/h3-7H,1-2H3,(H2,17,22)(H,18,19,20). The van der Waals surface area contributed by atoms with Gasteiger partial charge in [0.15, 0.2) is 0 Å². The summed E-state index contributed by atoms with van der Waals surface area (Å²) in [5, 5.41) is 4.08. The molecule has 0 radical (unpaired) electrons. The summed E-state index contributed by atoms with van der Waals surface area (Å²) in [5.74, 6) is 0.0238. The van der Waals surface area contributed by atoms with Crippen LogP contribution in [0.3, 0.4) is 0 Å². The number of hydrogen-bond donors (Lipinski definition) is 2. The van der Waals surface area contributed by atoms with E-state index in [0.29, 0.717) is 22.7 Å². The molecule has 0 aliphatic carbocycles. The second-order valence-corrected chi connectivity index (χ2v) is 5.38. The first kappa shape index (κ1) is 14.3. The lowest BCUT2D eigenvalue weighted by atomic mass is 10.1. The minimum atomic E-state index is -0.507. The number of nitrogens with one attached hydrogen (secondary N) is 1. The Kier molecular flexibility index (Phi) is 3.46. The summed E-state index contributed by atoms with van der Waals surface area (Å²) in [6.45, 7) is 1.93. The molecule has 0 unspecified atom stereocenters. The van der Waals surface area contributed by atoms with Crippen molar-refractivity contribution in [1.82, 2.24) is 14.5 Å². The molecular formula is C15H14ClN5O. The predicted molar refractivity (Wildman–Crippen MR) is 86.5 cm³/mol. The first-order valence-corrected chi connectivity index (χ1v) is 6.99. The average Bonchev–Trinajstić information content (AvgIpc) is 2.80. The van der Waals surface area contributed by atoms with Crippen molar-refractivity contribution in [3.05, 3.63) is 46.9 Å². The molecule has 0 spiro atoms. The lowest BCUT2D eigenvalue weighted by Crippen LogP contribution is -2.13. The van der Waals surface area contributed by atoms with E-state index in [-0.39, 0.29) is 5.28 Å². The Balaban J connectivity index is 2.15. The van der Waals surface area contributed by atoms with Crippen LogP contribution in [0.15, 0.2) is 30.5 Å². The van der Waals surface area contributed by atoms with Gasteiger partial charge >= 0.3 is 0 Å². The van der Waals surface area contributed by atoms with E-state index in [1.807, 2.05) is 42.9 Å². The highest BCUT2D eigenvalue weighted by Crippen LogP contribution is 2.27. The maximum atomic E-state index is 11.6. The van der Waals surface area contributed by atoms with Gasteiger partial charge in [-0.2, -0.15) is 9.97 Å². The van der Waals surface area contributed by atoms with Gasteiger partial charge in [0.05, 0.1) is 16.6 Å². The fourth-order valence-electron chi connectivity index (χ4n) is 2.31. The molecule has 0 saturated heterocycles. The second kappa shape index (κ2) is 5.31. The van der Waals surface area contributed by atoms with Gasteiger partial charge in [-0.1, -0.05) is 6.07 Å². The van der Waals surface area contributed by atoms with Gasteiger partial charge in [0.25, 0.3) is 5.91 Å². The molecule has 0 saturated carbocycles. The normalized spacial score (nSPS) is 10.9. The van der Waals surface area contributed by atoms with E-state index >= 15 is 0 Å². The van der Waals surface area contributed by atoms with Crippen LogP contribution in [-0.4, -0.2) is 20.4 Å². The molecule has 6 nitrogen and oxygen atoms in total. The van der Waals surface area contributed by atoms with Gasteiger partial charge in [0.1, 0.15) is 11.5 Å². The molecule has 2 aromatic heterocycles. The number of carbonyl (C=O) groups excluding carboxylic acids is 1. The van der Waals surface area contributed by atoms with Gasteiger partial charge in [0, 0.05) is 13.2 Å². The lowest BCUT2D eigenvalue weighted by Gasteiger charge is -2.11. The minimum absolute atomic E-state index is 0.130. The number of amides is 1. The van der Waals surface area contributed by atoms with Crippen molar-refractivity contribution in [3.63, 3.8) is 0 Å². The van der Waals surface area contributed by atoms with E-state index in [1.54, 1.807) is 6.07 Å². The Morgan fingerprint density at radius 2 is 2.09 bits per heavy atom. The number of anilines is 2. The monoisotopic (exact) mass is 315 g/mol. The van der Waals surface area contributed by atoms with Gasteiger partial charge in [-0.05, 0) is 42.3 Å². The van der Waals surface area contributed by atoms with Gasteiger partial charge in [-0.25, -0.2) is 0 Å². The van der Waals surface area contributed by atoms with E-state index in [9.17, 15) is 4.79 Å². The van der Waals surface area contributed by atoms with Crippen molar-refractivity contribution in [2.75, 3.05) is 5.32 Å². The van der Waals surface area contributed by atoms with Crippen molar-refractivity contribution < 1.29 is 4.79 Å². The van der Waals surface area contributed by atoms with E-state index in [4.69, 9.17) is 17.3 Å². The van der Waals surface area contributed by atoms with Gasteiger partial charge in [-0.3, -0.25) is 4.79 Å². The van der Waals surface area contributed by atoms with Crippen LogP contribution in [0.2, 0.25) is 5.28 Å². The molecule has 0 bridgehead atoms. The smallest absolute Gasteiger partial charge is 0.250 e.